The highest BCUT2D eigenvalue weighted by Crippen LogP contribution is 2.34. The zero-order valence-electron chi connectivity index (χ0n) is 15.4. The van der Waals surface area contributed by atoms with Gasteiger partial charge in [0, 0.05) is 5.57 Å². The van der Waals surface area contributed by atoms with E-state index in [0.29, 0.717) is 27.8 Å². The van der Waals surface area contributed by atoms with Gasteiger partial charge >= 0.3 is 5.97 Å². The van der Waals surface area contributed by atoms with E-state index in [1.807, 2.05) is 0 Å². The van der Waals surface area contributed by atoms with E-state index in [-0.39, 0.29) is 35.0 Å². The maximum atomic E-state index is 12.0. The molecule has 0 amide bonds. The molecule has 1 aliphatic carbocycles. The highest BCUT2D eigenvalue weighted by molar-refractivity contribution is 6.07. The van der Waals surface area contributed by atoms with E-state index in [4.69, 9.17) is 5.26 Å². The number of carboxylic acid groups (broad SMARTS) is 1. The SMILES string of the molecule is Cc1cc(/C(=C2\C=CC(=O)C(COO)=C2)c2ccc(O)c(C(=O)O)c2)ccc1O. The monoisotopic (exact) mass is 394 g/mol. The molecule has 148 valence electrons. The average molecular weight is 394 g/mol. The van der Waals surface area contributed by atoms with E-state index in [2.05, 4.69) is 4.89 Å². The lowest BCUT2D eigenvalue weighted by Crippen LogP contribution is -2.10. The number of aromatic carboxylic acids is 1. The Kier molecular flexibility index (Phi) is 5.63. The molecule has 0 bridgehead atoms. The third-order valence-corrected chi connectivity index (χ3v) is 4.57. The third kappa shape index (κ3) is 4.11. The van der Waals surface area contributed by atoms with Gasteiger partial charge in [0.25, 0.3) is 0 Å². The third-order valence-electron chi connectivity index (χ3n) is 4.57. The largest absolute Gasteiger partial charge is 0.508 e. The minimum Gasteiger partial charge on any atom is -0.508 e. The molecule has 0 spiro atoms. The predicted octanol–water partition coefficient (Wildman–Crippen LogP) is 3.46. The van der Waals surface area contributed by atoms with Crippen LogP contribution in [0.5, 0.6) is 11.5 Å². The first-order valence-electron chi connectivity index (χ1n) is 8.62. The van der Waals surface area contributed by atoms with Crippen molar-refractivity contribution in [1.29, 1.82) is 0 Å². The first-order chi connectivity index (χ1) is 13.8. The first-order valence-corrected chi connectivity index (χ1v) is 8.62. The molecule has 29 heavy (non-hydrogen) atoms. The van der Waals surface area contributed by atoms with Crippen LogP contribution in [0.4, 0.5) is 0 Å². The molecule has 4 N–H and O–H groups in total. The zero-order chi connectivity index (χ0) is 21.1. The summed E-state index contributed by atoms with van der Waals surface area (Å²) in [6.07, 6.45) is 4.45. The summed E-state index contributed by atoms with van der Waals surface area (Å²) >= 11 is 0. The number of hydrogen-bond donors (Lipinski definition) is 4. The lowest BCUT2D eigenvalue weighted by molar-refractivity contribution is -0.233. The molecule has 3 rings (SSSR count). The van der Waals surface area contributed by atoms with Crippen LogP contribution in [0.1, 0.15) is 27.0 Å². The normalized spacial score (nSPS) is 15.2. The maximum absolute atomic E-state index is 12.0. The number of carbonyl (C=O) groups excluding carboxylic acids is 1. The number of carbonyl (C=O) groups is 2. The van der Waals surface area contributed by atoms with Gasteiger partial charge in [-0.2, -0.15) is 0 Å². The molecule has 0 aromatic heterocycles. The van der Waals surface area contributed by atoms with Crippen molar-refractivity contribution in [3.05, 3.63) is 88.0 Å². The van der Waals surface area contributed by atoms with Crippen LogP contribution in [0.2, 0.25) is 0 Å². The summed E-state index contributed by atoms with van der Waals surface area (Å²) in [6.45, 7) is 1.42. The number of benzene rings is 2. The van der Waals surface area contributed by atoms with Crippen molar-refractivity contribution in [2.45, 2.75) is 6.92 Å². The Morgan fingerprint density at radius 1 is 1.00 bits per heavy atom. The summed E-state index contributed by atoms with van der Waals surface area (Å²) in [6, 6.07) is 9.09. The predicted molar refractivity (Wildman–Crippen MR) is 105 cm³/mol. The Morgan fingerprint density at radius 2 is 1.66 bits per heavy atom. The number of phenolic OH excluding ortho intramolecular Hbond substituents is 1. The number of carboxylic acids is 1. The van der Waals surface area contributed by atoms with Gasteiger partial charge in [-0.3, -0.25) is 10.1 Å². The molecule has 1 aliphatic rings. The van der Waals surface area contributed by atoms with Crippen molar-refractivity contribution >= 4 is 17.3 Å². The summed E-state index contributed by atoms with van der Waals surface area (Å²) in [5, 5.41) is 37.8. The fourth-order valence-electron chi connectivity index (χ4n) is 3.09. The van der Waals surface area contributed by atoms with Crippen LogP contribution < -0.4 is 0 Å². The van der Waals surface area contributed by atoms with Gasteiger partial charge in [0.2, 0.25) is 0 Å². The first kappa shape index (κ1) is 20.1. The molecule has 0 saturated carbocycles. The highest BCUT2D eigenvalue weighted by Gasteiger charge is 2.19. The van der Waals surface area contributed by atoms with Crippen molar-refractivity contribution in [3.8, 4) is 11.5 Å². The fourth-order valence-corrected chi connectivity index (χ4v) is 3.09. The number of hydrogen-bond acceptors (Lipinski definition) is 6. The summed E-state index contributed by atoms with van der Waals surface area (Å²) in [5.41, 5.74) is 2.86. The highest BCUT2D eigenvalue weighted by atomic mass is 17.1. The molecule has 0 atom stereocenters. The molecule has 7 heteroatoms. The van der Waals surface area contributed by atoms with Crippen molar-refractivity contribution in [3.63, 3.8) is 0 Å². The fraction of sp³-hybridized carbons (Fsp3) is 0.0909. The smallest absolute Gasteiger partial charge is 0.339 e. The molecule has 2 aromatic carbocycles. The van der Waals surface area contributed by atoms with Crippen LogP contribution >= 0.6 is 0 Å². The molecule has 0 heterocycles. The minimum absolute atomic E-state index is 0.106. The van der Waals surface area contributed by atoms with Gasteiger partial charge in [0.05, 0.1) is 0 Å². The lowest BCUT2D eigenvalue weighted by Gasteiger charge is -2.17. The van der Waals surface area contributed by atoms with Crippen LogP contribution in [0.3, 0.4) is 0 Å². The van der Waals surface area contributed by atoms with Crippen LogP contribution in [-0.4, -0.2) is 38.9 Å². The Balaban J connectivity index is 2.30. The standard InChI is InChI=1S/C22H18O7/c1-12-8-13(2-5-18(12)23)21(14-3-6-19(24)16(9-14)11-29-28)15-4-7-20(25)17(10-15)22(26)27/h2-10,23,25,28H,11H2,1H3,(H,26,27)/b21-14-. The molecule has 0 radical (unpaired) electrons. The van der Waals surface area contributed by atoms with Gasteiger partial charge < -0.3 is 15.3 Å². The molecule has 0 fully saturated rings. The van der Waals surface area contributed by atoms with Crippen LogP contribution in [0, 0.1) is 6.92 Å². The van der Waals surface area contributed by atoms with Gasteiger partial charge in [0.15, 0.2) is 5.78 Å². The van der Waals surface area contributed by atoms with E-state index in [1.165, 1.54) is 24.3 Å². The second-order valence-electron chi connectivity index (χ2n) is 6.51. The van der Waals surface area contributed by atoms with Gasteiger partial charge in [-0.15, -0.1) is 0 Å². The van der Waals surface area contributed by atoms with Crippen LogP contribution in [0.15, 0.2) is 65.8 Å². The Hall–Kier alpha value is -3.68. The van der Waals surface area contributed by atoms with Gasteiger partial charge in [-0.1, -0.05) is 18.2 Å². The van der Waals surface area contributed by atoms with E-state index >= 15 is 0 Å². The second-order valence-corrected chi connectivity index (χ2v) is 6.51. The van der Waals surface area contributed by atoms with Crippen molar-refractivity contribution in [2.24, 2.45) is 0 Å². The number of ketones is 1. The number of phenols is 2. The van der Waals surface area contributed by atoms with Gasteiger partial charge in [-0.05, 0) is 71.2 Å². The Labute approximate surface area is 166 Å². The topological polar surface area (TPSA) is 124 Å². The minimum atomic E-state index is -1.28. The van der Waals surface area contributed by atoms with Crippen LogP contribution in [0.25, 0.3) is 5.57 Å². The maximum Gasteiger partial charge on any atom is 0.339 e. The quantitative estimate of drug-likeness (QED) is 0.452. The molecular formula is C22H18O7. The number of rotatable bonds is 5. The van der Waals surface area contributed by atoms with Crippen molar-refractivity contribution in [2.75, 3.05) is 6.61 Å². The summed E-state index contributed by atoms with van der Waals surface area (Å²) in [5.74, 6) is -1.86. The number of allylic oxidation sites excluding steroid dienone is 4. The second kappa shape index (κ2) is 8.14. The summed E-state index contributed by atoms with van der Waals surface area (Å²) in [7, 11) is 0. The summed E-state index contributed by atoms with van der Waals surface area (Å²) < 4.78 is 0. The van der Waals surface area contributed by atoms with Gasteiger partial charge in [0.1, 0.15) is 23.7 Å². The number of aryl methyl sites for hydroxylation is 1. The van der Waals surface area contributed by atoms with Crippen molar-refractivity contribution < 1.29 is 35.1 Å². The zero-order valence-corrected chi connectivity index (χ0v) is 15.4. The summed E-state index contributed by atoms with van der Waals surface area (Å²) in [4.78, 5) is 27.6. The van der Waals surface area contributed by atoms with Crippen molar-refractivity contribution in [1.82, 2.24) is 0 Å². The van der Waals surface area contributed by atoms with E-state index in [9.17, 15) is 24.9 Å². The molecular weight excluding hydrogens is 376 g/mol. The molecule has 0 unspecified atom stereocenters. The van der Waals surface area contributed by atoms with E-state index < -0.39 is 5.97 Å². The molecule has 7 nitrogen and oxygen atoms in total. The lowest BCUT2D eigenvalue weighted by atomic mass is 9.88. The Bertz CT molecular complexity index is 1090. The van der Waals surface area contributed by atoms with E-state index in [1.54, 1.807) is 37.3 Å². The molecule has 0 aliphatic heterocycles. The average Bonchev–Trinajstić information content (AvgIpc) is 2.68. The van der Waals surface area contributed by atoms with E-state index in [0.717, 1.165) is 0 Å². The Morgan fingerprint density at radius 3 is 2.28 bits per heavy atom. The molecule has 2 aromatic rings. The molecule has 0 saturated heterocycles. The van der Waals surface area contributed by atoms with Crippen LogP contribution in [-0.2, 0) is 9.68 Å². The number of aromatic hydroxyl groups is 2. The van der Waals surface area contributed by atoms with Gasteiger partial charge in [-0.25, -0.2) is 9.68 Å².